The quantitative estimate of drug-likeness (QED) is 0.763. The number of benzene rings is 1. The predicted molar refractivity (Wildman–Crippen MR) is 101 cm³/mol. The summed E-state index contributed by atoms with van der Waals surface area (Å²) in [6.07, 6.45) is -4.92. The third-order valence-corrected chi connectivity index (χ3v) is 4.19. The third-order valence-electron chi connectivity index (χ3n) is 4.19. The smallest absolute Gasteiger partial charge is 0.422 e. The van der Waals surface area contributed by atoms with Crippen molar-refractivity contribution in [2.75, 3.05) is 32.0 Å². The fourth-order valence-electron chi connectivity index (χ4n) is 2.89. The van der Waals surface area contributed by atoms with Crippen molar-refractivity contribution < 1.29 is 32.2 Å². The lowest BCUT2D eigenvalue weighted by molar-refractivity contribution is -0.153. The second-order valence-electron chi connectivity index (χ2n) is 7.93. The van der Waals surface area contributed by atoms with Gasteiger partial charge in [-0.15, -0.1) is 0 Å². The van der Waals surface area contributed by atoms with Crippen molar-refractivity contribution in [3.8, 4) is 5.75 Å². The maximum atomic E-state index is 12.7. The molecule has 0 spiro atoms. The fraction of sp³-hybridized carbons (Fsp3) is 0.579. The molecule has 0 aliphatic carbocycles. The van der Waals surface area contributed by atoms with E-state index in [4.69, 9.17) is 10.5 Å². The summed E-state index contributed by atoms with van der Waals surface area (Å²) < 4.78 is 46.9. The maximum absolute atomic E-state index is 12.7. The minimum absolute atomic E-state index is 0.0551. The van der Waals surface area contributed by atoms with E-state index < -0.39 is 24.5 Å². The standard InChI is InChI=1S/C19H26F3N3O4/c1-12-10-24(7-8-25(12)17(27)29-18(2,3)4)16(26)13-5-6-15(14(23)9-13)28-11-19(20,21)22/h5-6,9,12H,7-8,10-11,23H2,1-4H3. The number of hydrogen-bond donors (Lipinski definition) is 1. The summed E-state index contributed by atoms with van der Waals surface area (Å²) in [6.45, 7) is 6.59. The Morgan fingerprint density at radius 1 is 1.21 bits per heavy atom. The number of nitrogens with two attached hydrogens (primary N) is 1. The summed E-state index contributed by atoms with van der Waals surface area (Å²) in [7, 11) is 0. The molecule has 0 bridgehead atoms. The number of nitrogen functional groups attached to an aromatic ring is 1. The van der Waals surface area contributed by atoms with Gasteiger partial charge >= 0.3 is 12.3 Å². The summed E-state index contributed by atoms with van der Waals surface area (Å²) in [5.41, 5.74) is 5.30. The molecule has 29 heavy (non-hydrogen) atoms. The van der Waals surface area contributed by atoms with Crippen molar-refractivity contribution in [1.82, 2.24) is 9.80 Å². The summed E-state index contributed by atoms with van der Waals surface area (Å²) in [5.74, 6) is -0.461. The molecular formula is C19H26F3N3O4. The number of carbonyl (C=O) groups is 2. The summed E-state index contributed by atoms with van der Waals surface area (Å²) in [6, 6.07) is 3.65. The molecule has 2 amide bonds. The van der Waals surface area contributed by atoms with Crippen LogP contribution >= 0.6 is 0 Å². The molecule has 2 rings (SSSR count). The lowest BCUT2D eigenvalue weighted by Gasteiger charge is -2.40. The molecule has 1 unspecified atom stereocenters. The van der Waals surface area contributed by atoms with Crippen LogP contribution in [0.5, 0.6) is 5.75 Å². The second-order valence-corrected chi connectivity index (χ2v) is 7.93. The van der Waals surface area contributed by atoms with Crippen LogP contribution in [-0.2, 0) is 4.74 Å². The van der Waals surface area contributed by atoms with Crippen LogP contribution in [0.25, 0.3) is 0 Å². The Morgan fingerprint density at radius 3 is 2.38 bits per heavy atom. The molecule has 162 valence electrons. The number of ether oxygens (including phenoxy) is 2. The Balaban J connectivity index is 2.01. The van der Waals surface area contributed by atoms with Crippen LogP contribution < -0.4 is 10.5 Å². The molecule has 10 heteroatoms. The van der Waals surface area contributed by atoms with E-state index >= 15 is 0 Å². The van der Waals surface area contributed by atoms with Crippen molar-refractivity contribution in [3.63, 3.8) is 0 Å². The molecule has 0 saturated carbocycles. The Morgan fingerprint density at radius 2 is 1.86 bits per heavy atom. The van der Waals surface area contributed by atoms with Gasteiger partial charge in [0, 0.05) is 31.2 Å². The van der Waals surface area contributed by atoms with Crippen LogP contribution in [0.1, 0.15) is 38.1 Å². The first-order valence-corrected chi connectivity index (χ1v) is 9.15. The second kappa shape index (κ2) is 8.38. The van der Waals surface area contributed by atoms with Gasteiger partial charge in [-0.1, -0.05) is 0 Å². The maximum Gasteiger partial charge on any atom is 0.422 e. The molecule has 7 nitrogen and oxygen atoms in total. The minimum atomic E-state index is -4.48. The zero-order valence-electron chi connectivity index (χ0n) is 16.9. The first-order valence-electron chi connectivity index (χ1n) is 9.15. The predicted octanol–water partition coefficient (Wildman–Crippen LogP) is 3.29. The SMILES string of the molecule is CC1CN(C(=O)c2ccc(OCC(F)(F)F)c(N)c2)CCN1C(=O)OC(C)(C)C. The van der Waals surface area contributed by atoms with Crippen LogP contribution in [0.2, 0.25) is 0 Å². The topological polar surface area (TPSA) is 85.1 Å². The van der Waals surface area contributed by atoms with Gasteiger partial charge in [-0.2, -0.15) is 13.2 Å². The van der Waals surface area contributed by atoms with Gasteiger partial charge in [0.05, 0.1) is 5.69 Å². The van der Waals surface area contributed by atoms with E-state index in [2.05, 4.69) is 4.74 Å². The van der Waals surface area contributed by atoms with Gasteiger partial charge in [0.25, 0.3) is 5.91 Å². The number of amides is 2. The number of nitrogens with zero attached hydrogens (tertiary/aromatic N) is 2. The van der Waals surface area contributed by atoms with E-state index in [9.17, 15) is 22.8 Å². The molecule has 1 atom stereocenters. The van der Waals surface area contributed by atoms with E-state index in [0.717, 1.165) is 0 Å². The van der Waals surface area contributed by atoms with Gasteiger partial charge in [0.15, 0.2) is 6.61 Å². The number of rotatable bonds is 3. The molecule has 1 fully saturated rings. The van der Waals surface area contributed by atoms with Gasteiger partial charge < -0.3 is 25.0 Å². The highest BCUT2D eigenvalue weighted by molar-refractivity contribution is 5.95. The van der Waals surface area contributed by atoms with E-state index in [-0.39, 0.29) is 28.9 Å². The van der Waals surface area contributed by atoms with Gasteiger partial charge in [0.1, 0.15) is 11.4 Å². The Hall–Kier alpha value is -2.65. The molecule has 1 aliphatic rings. The highest BCUT2D eigenvalue weighted by atomic mass is 19.4. The Labute approximate surface area is 167 Å². The van der Waals surface area contributed by atoms with Crippen molar-refractivity contribution in [2.24, 2.45) is 0 Å². The van der Waals surface area contributed by atoms with Crippen molar-refractivity contribution in [3.05, 3.63) is 23.8 Å². The number of piperazine rings is 1. The van der Waals surface area contributed by atoms with E-state index in [1.54, 1.807) is 30.6 Å². The molecule has 0 radical (unpaired) electrons. The van der Waals surface area contributed by atoms with Crippen LogP contribution in [0.3, 0.4) is 0 Å². The summed E-state index contributed by atoms with van der Waals surface area (Å²) in [4.78, 5) is 28.2. The lowest BCUT2D eigenvalue weighted by Crippen LogP contribution is -2.56. The first kappa shape index (κ1) is 22.6. The van der Waals surface area contributed by atoms with E-state index in [1.807, 2.05) is 6.92 Å². The zero-order valence-corrected chi connectivity index (χ0v) is 16.9. The van der Waals surface area contributed by atoms with Gasteiger partial charge in [-0.25, -0.2) is 4.79 Å². The van der Waals surface area contributed by atoms with Gasteiger partial charge in [-0.3, -0.25) is 4.79 Å². The van der Waals surface area contributed by atoms with Crippen LogP contribution in [-0.4, -0.2) is 65.9 Å². The molecule has 0 aromatic heterocycles. The normalized spacial score (nSPS) is 17.8. The zero-order chi connectivity index (χ0) is 22.0. The first-order chi connectivity index (χ1) is 13.3. The van der Waals surface area contributed by atoms with Crippen LogP contribution in [0.4, 0.5) is 23.7 Å². The Bertz CT molecular complexity index is 762. The minimum Gasteiger partial charge on any atom is -0.482 e. The molecule has 1 aromatic carbocycles. The van der Waals surface area contributed by atoms with Gasteiger partial charge in [-0.05, 0) is 45.9 Å². The number of carbonyl (C=O) groups excluding carboxylic acids is 2. The van der Waals surface area contributed by atoms with Crippen LogP contribution in [0, 0.1) is 0 Å². The van der Waals surface area contributed by atoms with E-state index in [0.29, 0.717) is 19.6 Å². The number of halogens is 3. The molecule has 1 aliphatic heterocycles. The molecule has 1 saturated heterocycles. The number of alkyl halides is 3. The van der Waals surface area contributed by atoms with Crippen molar-refractivity contribution in [2.45, 2.75) is 45.5 Å². The monoisotopic (exact) mass is 417 g/mol. The average Bonchev–Trinajstić information content (AvgIpc) is 2.57. The number of hydrogen-bond acceptors (Lipinski definition) is 5. The fourth-order valence-corrected chi connectivity index (χ4v) is 2.89. The molecule has 1 aromatic rings. The molecule has 1 heterocycles. The molecule has 2 N–H and O–H groups in total. The summed E-state index contributed by atoms with van der Waals surface area (Å²) in [5, 5.41) is 0. The highest BCUT2D eigenvalue weighted by Crippen LogP contribution is 2.26. The highest BCUT2D eigenvalue weighted by Gasteiger charge is 2.33. The largest absolute Gasteiger partial charge is 0.482 e. The molecular weight excluding hydrogens is 391 g/mol. The van der Waals surface area contributed by atoms with E-state index in [1.165, 1.54) is 18.2 Å². The van der Waals surface area contributed by atoms with Crippen molar-refractivity contribution in [1.29, 1.82) is 0 Å². The number of anilines is 1. The lowest BCUT2D eigenvalue weighted by atomic mass is 10.1. The van der Waals surface area contributed by atoms with Gasteiger partial charge in [0.2, 0.25) is 0 Å². The summed E-state index contributed by atoms with van der Waals surface area (Å²) >= 11 is 0. The van der Waals surface area contributed by atoms with Crippen molar-refractivity contribution >= 4 is 17.7 Å². The third kappa shape index (κ3) is 6.43. The average molecular weight is 417 g/mol. The Kier molecular flexibility index (Phi) is 6.54. The van der Waals surface area contributed by atoms with Crippen LogP contribution in [0.15, 0.2) is 18.2 Å².